The van der Waals surface area contributed by atoms with Crippen LogP contribution in [0.4, 0.5) is 5.69 Å². The highest BCUT2D eigenvalue weighted by Gasteiger charge is 2.05. The number of pyridine rings is 1. The Morgan fingerprint density at radius 3 is 2.86 bits per heavy atom. The fourth-order valence-corrected chi connectivity index (χ4v) is 3.22. The average Bonchev–Trinajstić information content (AvgIpc) is 3.23. The normalized spacial score (nSPS) is 10.9. The Morgan fingerprint density at radius 1 is 1.05 bits per heavy atom. The lowest BCUT2D eigenvalue weighted by Crippen LogP contribution is -2.02. The van der Waals surface area contributed by atoms with Gasteiger partial charge in [-0.05, 0) is 35.7 Å². The van der Waals surface area contributed by atoms with Crippen molar-refractivity contribution in [3.8, 4) is 5.69 Å². The monoisotopic (exact) mass is 306 g/mol. The molecule has 0 aliphatic heterocycles. The van der Waals surface area contributed by atoms with Crippen molar-refractivity contribution in [2.45, 2.75) is 6.54 Å². The quantitative estimate of drug-likeness (QED) is 0.617. The summed E-state index contributed by atoms with van der Waals surface area (Å²) in [6, 6.07) is 16.2. The molecule has 4 nitrogen and oxygen atoms in total. The summed E-state index contributed by atoms with van der Waals surface area (Å²) in [5.74, 6) is 0. The number of para-hydroxylation sites is 1. The van der Waals surface area contributed by atoms with E-state index in [2.05, 4.69) is 20.8 Å². The minimum absolute atomic E-state index is 0.691. The van der Waals surface area contributed by atoms with E-state index in [1.165, 1.54) is 4.70 Å². The highest BCUT2D eigenvalue weighted by Crippen LogP contribution is 2.27. The van der Waals surface area contributed by atoms with Gasteiger partial charge in [0.05, 0.1) is 33.8 Å². The minimum Gasteiger partial charge on any atom is -0.378 e. The fourth-order valence-electron chi connectivity index (χ4n) is 2.38. The van der Waals surface area contributed by atoms with Crippen molar-refractivity contribution in [2.75, 3.05) is 5.32 Å². The number of hydrogen-bond acceptors (Lipinski definition) is 4. The number of benzene rings is 1. The number of rotatable bonds is 4. The Labute approximate surface area is 132 Å². The summed E-state index contributed by atoms with van der Waals surface area (Å²) in [7, 11) is 0. The first-order valence-corrected chi connectivity index (χ1v) is 7.94. The lowest BCUT2D eigenvalue weighted by Gasteiger charge is -2.05. The van der Waals surface area contributed by atoms with Gasteiger partial charge >= 0.3 is 0 Å². The van der Waals surface area contributed by atoms with Crippen molar-refractivity contribution < 1.29 is 0 Å². The zero-order valence-electron chi connectivity index (χ0n) is 11.8. The van der Waals surface area contributed by atoms with Gasteiger partial charge in [0.15, 0.2) is 0 Å². The van der Waals surface area contributed by atoms with E-state index < -0.39 is 0 Å². The van der Waals surface area contributed by atoms with Crippen molar-refractivity contribution >= 4 is 27.2 Å². The van der Waals surface area contributed by atoms with Crippen molar-refractivity contribution in [1.29, 1.82) is 0 Å². The maximum absolute atomic E-state index is 4.61. The SMILES string of the molecule is c1ccc(-n2ccc(CNc3ccnc4ccsc34)n2)cc1. The van der Waals surface area contributed by atoms with Gasteiger partial charge < -0.3 is 5.32 Å². The van der Waals surface area contributed by atoms with Gasteiger partial charge in [-0.15, -0.1) is 11.3 Å². The summed E-state index contributed by atoms with van der Waals surface area (Å²) in [6.45, 7) is 0.691. The van der Waals surface area contributed by atoms with E-state index in [0.29, 0.717) is 6.54 Å². The first-order valence-electron chi connectivity index (χ1n) is 7.06. The molecule has 0 bridgehead atoms. The summed E-state index contributed by atoms with van der Waals surface area (Å²) in [6.07, 6.45) is 3.82. The molecule has 0 aliphatic carbocycles. The van der Waals surface area contributed by atoms with Gasteiger partial charge in [0.25, 0.3) is 0 Å². The molecule has 0 aliphatic rings. The molecule has 5 heteroatoms. The lowest BCUT2D eigenvalue weighted by molar-refractivity contribution is 0.844. The predicted octanol–water partition coefficient (Wildman–Crippen LogP) is 4.09. The van der Waals surface area contributed by atoms with Crippen LogP contribution in [0.1, 0.15) is 5.69 Å². The van der Waals surface area contributed by atoms with Crippen LogP contribution in [0.5, 0.6) is 0 Å². The molecule has 3 heterocycles. The molecule has 0 amide bonds. The van der Waals surface area contributed by atoms with Crippen LogP contribution in [-0.4, -0.2) is 14.8 Å². The van der Waals surface area contributed by atoms with Gasteiger partial charge in [0.2, 0.25) is 0 Å². The molecular formula is C17H14N4S. The maximum atomic E-state index is 4.61. The van der Waals surface area contributed by atoms with Crippen molar-refractivity contribution in [3.05, 3.63) is 72.0 Å². The van der Waals surface area contributed by atoms with Gasteiger partial charge in [-0.2, -0.15) is 5.10 Å². The summed E-state index contributed by atoms with van der Waals surface area (Å²) in [4.78, 5) is 4.35. The van der Waals surface area contributed by atoms with Crippen LogP contribution in [0.2, 0.25) is 0 Å². The average molecular weight is 306 g/mol. The predicted molar refractivity (Wildman–Crippen MR) is 90.5 cm³/mol. The molecule has 0 saturated heterocycles. The molecule has 4 aromatic rings. The number of nitrogens with one attached hydrogen (secondary N) is 1. The number of thiophene rings is 1. The molecule has 0 spiro atoms. The van der Waals surface area contributed by atoms with Gasteiger partial charge in [0.1, 0.15) is 0 Å². The molecule has 0 fully saturated rings. The molecule has 0 unspecified atom stereocenters. The van der Waals surface area contributed by atoms with Crippen LogP contribution in [0, 0.1) is 0 Å². The van der Waals surface area contributed by atoms with Crippen LogP contribution in [0.3, 0.4) is 0 Å². The Bertz CT molecular complexity index is 895. The fraction of sp³-hybridized carbons (Fsp3) is 0.0588. The molecule has 1 N–H and O–H groups in total. The van der Waals surface area contributed by atoms with Crippen molar-refractivity contribution in [2.24, 2.45) is 0 Å². The zero-order valence-corrected chi connectivity index (χ0v) is 12.6. The Balaban J connectivity index is 1.53. The number of hydrogen-bond donors (Lipinski definition) is 1. The van der Waals surface area contributed by atoms with E-state index in [9.17, 15) is 0 Å². The molecule has 0 atom stereocenters. The third kappa shape index (κ3) is 2.46. The van der Waals surface area contributed by atoms with Gasteiger partial charge in [-0.1, -0.05) is 18.2 Å². The molecule has 22 heavy (non-hydrogen) atoms. The van der Waals surface area contributed by atoms with E-state index in [1.807, 2.05) is 65.6 Å². The molecule has 1 aromatic carbocycles. The van der Waals surface area contributed by atoms with Crippen molar-refractivity contribution in [1.82, 2.24) is 14.8 Å². The lowest BCUT2D eigenvalue weighted by atomic mass is 10.3. The second kappa shape index (κ2) is 5.61. The van der Waals surface area contributed by atoms with Gasteiger partial charge in [-0.25, -0.2) is 4.68 Å². The van der Waals surface area contributed by atoms with E-state index in [1.54, 1.807) is 11.3 Å². The van der Waals surface area contributed by atoms with Gasteiger partial charge in [0, 0.05) is 12.4 Å². The minimum atomic E-state index is 0.691. The Kier molecular flexibility index (Phi) is 3.33. The van der Waals surface area contributed by atoms with Crippen LogP contribution < -0.4 is 5.32 Å². The third-order valence-electron chi connectivity index (χ3n) is 3.47. The highest BCUT2D eigenvalue weighted by molar-refractivity contribution is 7.17. The van der Waals surface area contributed by atoms with E-state index in [4.69, 9.17) is 0 Å². The molecule has 3 aromatic heterocycles. The Hall–Kier alpha value is -2.66. The number of nitrogens with zero attached hydrogens (tertiary/aromatic N) is 3. The van der Waals surface area contributed by atoms with Crippen LogP contribution >= 0.6 is 11.3 Å². The first-order chi connectivity index (χ1) is 10.9. The molecule has 4 rings (SSSR count). The molecule has 0 saturated carbocycles. The summed E-state index contributed by atoms with van der Waals surface area (Å²) < 4.78 is 3.08. The Morgan fingerprint density at radius 2 is 1.95 bits per heavy atom. The van der Waals surface area contributed by atoms with E-state index >= 15 is 0 Å². The number of anilines is 1. The van der Waals surface area contributed by atoms with E-state index in [-0.39, 0.29) is 0 Å². The molecular weight excluding hydrogens is 292 g/mol. The summed E-state index contributed by atoms with van der Waals surface area (Å²) >= 11 is 1.70. The zero-order chi connectivity index (χ0) is 14.8. The van der Waals surface area contributed by atoms with Crippen LogP contribution in [-0.2, 0) is 6.54 Å². The smallest absolute Gasteiger partial charge is 0.0830 e. The highest BCUT2D eigenvalue weighted by atomic mass is 32.1. The summed E-state index contributed by atoms with van der Waals surface area (Å²) in [5, 5.41) is 10.1. The topological polar surface area (TPSA) is 42.7 Å². The molecule has 0 radical (unpaired) electrons. The van der Waals surface area contributed by atoms with E-state index in [0.717, 1.165) is 22.6 Å². The first kappa shape index (κ1) is 13.0. The van der Waals surface area contributed by atoms with Crippen LogP contribution in [0.15, 0.2) is 66.3 Å². The second-order valence-electron chi connectivity index (χ2n) is 4.93. The molecule has 108 valence electrons. The number of fused-ring (bicyclic) bond motifs is 1. The van der Waals surface area contributed by atoms with Crippen molar-refractivity contribution in [3.63, 3.8) is 0 Å². The third-order valence-corrected chi connectivity index (χ3v) is 4.41. The number of aromatic nitrogens is 3. The summed E-state index contributed by atoms with van der Waals surface area (Å²) in [5.41, 5.74) is 4.21. The second-order valence-corrected chi connectivity index (χ2v) is 5.85. The standard InChI is InChI=1S/C17H14N4S/c1-2-4-14(5-3-1)21-10-7-13(20-21)12-19-15-6-9-18-16-8-11-22-17(15)16/h1-11H,12H2,(H,18,19). The maximum Gasteiger partial charge on any atom is 0.0830 e. The van der Waals surface area contributed by atoms with Crippen LogP contribution in [0.25, 0.3) is 15.9 Å². The van der Waals surface area contributed by atoms with Gasteiger partial charge in [-0.3, -0.25) is 4.98 Å². The largest absolute Gasteiger partial charge is 0.378 e.